The Hall–Kier alpha value is -4.85. The summed E-state index contributed by atoms with van der Waals surface area (Å²) in [5, 5.41) is 5.88. The molecule has 1 heterocycles. The van der Waals surface area contributed by atoms with Crippen molar-refractivity contribution < 1.29 is 28.5 Å². The highest BCUT2D eigenvalue weighted by Gasteiger charge is 2.17. The predicted octanol–water partition coefficient (Wildman–Crippen LogP) is 4.95. The number of esters is 1. The Morgan fingerprint density at radius 2 is 1.72 bits per heavy atom. The van der Waals surface area contributed by atoms with Crippen molar-refractivity contribution in [3.05, 3.63) is 95.6 Å². The molecule has 0 bridgehead atoms. The van der Waals surface area contributed by atoms with Crippen LogP contribution in [-0.2, 0) is 0 Å². The fraction of sp³-hybridized carbons (Fsp3) is 0.107. The van der Waals surface area contributed by atoms with Gasteiger partial charge in [0, 0.05) is 11.1 Å². The van der Waals surface area contributed by atoms with Crippen LogP contribution >= 0.6 is 0 Å². The monoisotopic (exact) mass is 482 g/mol. The molecule has 5 rings (SSSR count). The molecule has 0 saturated heterocycles. The van der Waals surface area contributed by atoms with Gasteiger partial charge in [0.1, 0.15) is 11.5 Å². The zero-order chi connectivity index (χ0) is 24.9. The summed E-state index contributed by atoms with van der Waals surface area (Å²) >= 11 is 0. The molecule has 1 N–H and O–H groups in total. The van der Waals surface area contributed by atoms with Gasteiger partial charge in [0.25, 0.3) is 5.91 Å². The van der Waals surface area contributed by atoms with E-state index in [1.807, 2.05) is 37.3 Å². The zero-order valence-corrected chi connectivity index (χ0v) is 19.4. The first-order valence-corrected chi connectivity index (χ1v) is 11.3. The number of fused-ring (bicyclic) bond motifs is 2. The van der Waals surface area contributed by atoms with Crippen LogP contribution in [0.4, 0.5) is 0 Å². The molecule has 180 valence electrons. The van der Waals surface area contributed by atoms with Gasteiger partial charge in [-0.2, -0.15) is 5.10 Å². The van der Waals surface area contributed by atoms with E-state index in [1.54, 1.807) is 48.5 Å². The van der Waals surface area contributed by atoms with Gasteiger partial charge < -0.3 is 18.9 Å². The van der Waals surface area contributed by atoms with E-state index in [-0.39, 0.29) is 6.79 Å². The smallest absolute Gasteiger partial charge is 0.343 e. The normalized spacial score (nSPS) is 12.0. The van der Waals surface area contributed by atoms with Gasteiger partial charge in [0.05, 0.1) is 18.4 Å². The summed E-state index contributed by atoms with van der Waals surface area (Å²) in [6.45, 7) is 2.55. The number of amides is 1. The third kappa shape index (κ3) is 4.83. The summed E-state index contributed by atoms with van der Waals surface area (Å²) < 4.78 is 21.7. The minimum absolute atomic E-state index is 0.123. The van der Waals surface area contributed by atoms with Crippen LogP contribution in [0.1, 0.15) is 33.2 Å². The summed E-state index contributed by atoms with van der Waals surface area (Å²) in [6.07, 6.45) is 1.47. The van der Waals surface area contributed by atoms with Gasteiger partial charge in [0.2, 0.25) is 6.79 Å². The van der Waals surface area contributed by atoms with Gasteiger partial charge in [-0.05, 0) is 66.2 Å². The topological polar surface area (TPSA) is 95.5 Å². The summed E-state index contributed by atoms with van der Waals surface area (Å²) in [7, 11) is 0. The van der Waals surface area contributed by atoms with Gasteiger partial charge in [-0.15, -0.1) is 0 Å². The van der Waals surface area contributed by atoms with Crippen molar-refractivity contribution in [2.45, 2.75) is 6.92 Å². The van der Waals surface area contributed by atoms with Crippen molar-refractivity contribution in [1.82, 2.24) is 5.43 Å². The lowest BCUT2D eigenvalue weighted by Gasteiger charge is -2.11. The van der Waals surface area contributed by atoms with Gasteiger partial charge >= 0.3 is 5.97 Å². The molecule has 0 unspecified atom stereocenters. The molecule has 4 aromatic rings. The van der Waals surface area contributed by atoms with Crippen molar-refractivity contribution in [3.63, 3.8) is 0 Å². The average Bonchev–Trinajstić information content (AvgIpc) is 3.38. The molecule has 0 aromatic heterocycles. The van der Waals surface area contributed by atoms with E-state index in [2.05, 4.69) is 10.5 Å². The first-order chi connectivity index (χ1) is 17.6. The third-order valence-corrected chi connectivity index (χ3v) is 5.53. The second-order valence-electron chi connectivity index (χ2n) is 7.81. The highest BCUT2D eigenvalue weighted by molar-refractivity contribution is 6.04. The van der Waals surface area contributed by atoms with Crippen LogP contribution in [0.25, 0.3) is 10.8 Å². The molecular weight excluding hydrogens is 460 g/mol. The van der Waals surface area contributed by atoms with Crippen LogP contribution in [0.2, 0.25) is 0 Å². The number of carbonyl (C=O) groups excluding carboxylic acids is 2. The Morgan fingerprint density at radius 3 is 2.56 bits per heavy atom. The Bertz CT molecular complexity index is 1460. The van der Waals surface area contributed by atoms with Crippen LogP contribution in [0.15, 0.2) is 84.0 Å². The number of benzene rings is 4. The molecule has 36 heavy (non-hydrogen) atoms. The molecule has 0 atom stereocenters. The van der Waals surface area contributed by atoms with Crippen LogP contribution in [0.5, 0.6) is 23.0 Å². The minimum atomic E-state index is -0.521. The number of hydrogen-bond acceptors (Lipinski definition) is 7. The Kier molecular flexibility index (Phi) is 6.48. The van der Waals surface area contributed by atoms with E-state index >= 15 is 0 Å². The molecule has 4 aromatic carbocycles. The molecule has 0 aliphatic carbocycles. The fourth-order valence-electron chi connectivity index (χ4n) is 3.77. The highest BCUT2D eigenvalue weighted by Crippen LogP contribution is 2.32. The van der Waals surface area contributed by atoms with Crippen LogP contribution in [-0.4, -0.2) is 31.5 Å². The number of hydrazone groups is 1. The van der Waals surface area contributed by atoms with E-state index in [9.17, 15) is 9.59 Å². The lowest BCUT2D eigenvalue weighted by molar-refractivity contribution is 0.0734. The molecule has 0 spiro atoms. The largest absolute Gasteiger partial charge is 0.494 e. The lowest BCUT2D eigenvalue weighted by atomic mass is 10.0. The van der Waals surface area contributed by atoms with Crippen molar-refractivity contribution in [1.29, 1.82) is 0 Å². The molecule has 1 amide bonds. The highest BCUT2D eigenvalue weighted by atomic mass is 16.7. The Balaban J connectivity index is 1.38. The quantitative estimate of drug-likeness (QED) is 0.173. The number of ether oxygens (including phenoxy) is 4. The number of rotatable bonds is 7. The number of nitrogens with one attached hydrogen (secondary N) is 1. The predicted molar refractivity (Wildman–Crippen MR) is 134 cm³/mol. The molecular formula is C28H22N2O6. The summed E-state index contributed by atoms with van der Waals surface area (Å²) in [6, 6.07) is 22.8. The first kappa shape index (κ1) is 22.9. The van der Waals surface area contributed by atoms with Crippen LogP contribution in [0.3, 0.4) is 0 Å². The minimum Gasteiger partial charge on any atom is -0.494 e. The molecule has 1 aliphatic heterocycles. The van der Waals surface area contributed by atoms with Crippen molar-refractivity contribution in [2.75, 3.05) is 13.4 Å². The van der Waals surface area contributed by atoms with E-state index in [4.69, 9.17) is 18.9 Å². The SMILES string of the molecule is CCOc1ccc(C(=O)Oc2ccc3ccccc3c2/C=N/NC(=O)c2ccc3c(c2)OCO3)cc1. The van der Waals surface area contributed by atoms with Gasteiger partial charge in [-0.3, -0.25) is 4.79 Å². The molecule has 0 saturated carbocycles. The lowest BCUT2D eigenvalue weighted by Crippen LogP contribution is -2.17. The van der Waals surface area contributed by atoms with E-state index in [0.29, 0.717) is 46.3 Å². The van der Waals surface area contributed by atoms with Gasteiger partial charge in [-0.1, -0.05) is 30.3 Å². The number of nitrogens with zero attached hydrogens (tertiary/aromatic N) is 1. The summed E-state index contributed by atoms with van der Waals surface area (Å²) in [5.41, 5.74) is 3.82. The maximum absolute atomic E-state index is 12.8. The maximum atomic E-state index is 12.8. The standard InChI is InChI=1S/C28H22N2O6/c1-2-33-21-11-7-19(8-12-21)28(32)36-24-13-9-18-5-3-4-6-22(18)23(24)16-29-30-27(31)20-10-14-25-26(15-20)35-17-34-25/h3-16H,2,17H2,1H3,(H,30,31)/b29-16+. The van der Waals surface area contributed by atoms with Crippen molar-refractivity contribution >= 4 is 28.9 Å². The zero-order valence-electron chi connectivity index (χ0n) is 19.4. The van der Waals surface area contributed by atoms with E-state index in [0.717, 1.165) is 10.8 Å². The molecule has 1 aliphatic rings. The fourth-order valence-corrected chi connectivity index (χ4v) is 3.77. The Labute approximate surface area is 207 Å². The molecule has 0 fully saturated rings. The molecule has 0 radical (unpaired) electrons. The van der Waals surface area contributed by atoms with Crippen molar-refractivity contribution in [3.8, 4) is 23.0 Å². The van der Waals surface area contributed by atoms with E-state index < -0.39 is 11.9 Å². The summed E-state index contributed by atoms with van der Waals surface area (Å²) in [4.78, 5) is 25.4. The first-order valence-electron chi connectivity index (χ1n) is 11.3. The maximum Gasteiger partial charge on any atom is 0.343 e. The average molecular weight is 482 g/mol. The second kappa shape index (κ2) is 10.2. The Morgan fingerprint density at radius 1 is 0.944 bits per heavy atom. The molecule has 8 nitrogen and oxygen atoms in total. The van der Waals surface area contributed by atoms with Gasteiger partial charge in [-0.25, -0.2) is 10.2 Å². The van der Waals surface area contributed by atoms with Crippen LogP contribution < -0.4 is 24.4 Å². The van der Waals surface area contributed by atoms with Gasteiger partial charge in [0.15, 0.2) is 11.5 Å². The number of carbonyl (C=O) groups is 2. The third-order valence-electron chi connectivity index (χ3n) is 5.53. The van der Waals surface area contributed by atoms with E-state index in [1.165, 1.54) is 6.21 Å². The molecule has 8 heteroatoms. The second-order valence-corrected chi connectivity index (χ2v) is 7.81. The van der Waals surface area contributed by atoms with Crippen LogP contribution in [0, 0.1) is 0 Å². The summed E-state index contributed by atoms with van der Waals surface area (Å²) in [5.74, 6) is 1.14. The number of hydrogen-bond donors (Lipinski definition) is 1. The van der Waals surface area contributed by atoms with Crippen molar-refractivity contribution in [2.24, 2.45) is 5.10 Å².